The molecule has 1 rings (SSSR count). The van der Waals surface area contributed by atoms with Crippen LogP contribution in [0.4, 0.5) is 5.82 Å². The van der Waals surface area contributed by atoms with E-state index in [0.717, 1.165) is 6.54 Å². The summed E-state index contributed by atoms with van der Waals surface area (Å²) < 4.78 is 4.64. The Morgan fingerprint density at radius 2 is 2.44 bits per heavy atom. The highest BCUT2D eigenvalue weighted by molar-refractivity contribution is 7.99. The summed E-state index contributed by atoms with van der Waals surface area (Å²) in [4.78, 5) is 15.4. The molecular weight excluding hydrogens is 224 g/mol. The lowest BCUT2D eigenvalue weighted by Gasteiger charge is -2.10. The molecule has 88 valence electrons. The fourth-order valence-electron chi connectivity index (χ4n) is 1.10. The van der Waals surface area contributed by atoms with Gasteiger partial charge in [0, 0.05) is 18.0 Å². The molecule has 0 spiro atoms. The molecule has 1 aromatic heterocycles. The quantitative estimate of drug-likeness (QED) is 0.798. The maximum absolute atomic E-state index is 11.3. The van der Waals surface area contributed by atoms with Gasteiger partial charge in [0.1, 0.15) is 5.82 Å². The predicted octanol–water partition coefficient (Wildman–Crippen LogP) is 2.03. The van der Waals surface area contributed by atoms with Crippen molar-refractivity contribution in [3.05, 3.63) is 23.9 Å². The van der Waals surface area contributed by atoms with Crippen LogP contribution < -0.4 is 5.32 Å². The van der Waals surface area contributed by atoms with Crippen LogP contribution in [0.3, 0.4) is 0 Å². The summed E-state index contributed by atoms with van der Waals surface area (Å²) in [6.07, 6.45) is 3.66. The molecule has 1 N–H and O–H groups in total. The highest BCUT2D eigenvalue weighted by atomic mass is 32.2. The van der Waals surface area contributed by atoms with Crippen LogP contribution >= 0.6 is 11.8 Å². The molecule has 16 heavy (non-hydrogen) atoms. The van der Waals surface area contributed by atoms with Crippen LogP contribution in [0.25, 0.3) is 0 Å². The third-order valence-corrected chi connectivity index (χ3v) is 3.13. The van der Waals surface area contributed by atoms with Crippen molar-refractivity contribution in [3.8, 4) is 0 Å². The summed E-state index contributed by atoms with van der Waals surface area (Å²) in [7, 11) is 1.37. The number of esters is 1. The lowest BCUT2D eigenvalue weighted by molar-refractivity contribution is 0.0600. The summed E-state index contributed by atoms with van der Waals surface area (Å²) in [5, 5.41) is 3.68. The Balaban J connectivity index is 2.64. The van der Waals surface area contributed by atoms with E-state index < -0.39 is 0 Å². The number of methoxy groups -OCH3 is 1. The number of aromatic nitrogens is 1. The molecule has 0 bridgehead atoms. The van der Waals surface area contributed by atoms with Gasteiger partial charge < -0.3 is 10.1 Å². The second-order valence-corrected chi connectivity index (χ2v) is 4.62. The molecule has 0 saturated heterocycles. The van der Waals surface area contributed by atoms with E-state index in [1.165, 1.54) is 7.11 Å². The normalized spacial score (nSPS) is 11.9. The molecule has 1 aromatic rings. The average Bonchev–Trinajstić information content (AvgIpc) is 2.35. The van der Waals surface area contributed by atoms with Crippen LogP contribution in [0.1, 0.15) is 17.3 Å². The van der Waals surface area contributed by atoms with Crippen molar-refractivity contribution in [3.63, 3.8) is 0 Å². The van der Waals surface area contributed by atoms with Crippen LogP contribution in [0.5, 0.6) is 0 Å². The Kier molecular flexibility index (Phi) is 5.11. The number of hydrogen-bond donors (Lipinski definition) is 1. The van der Waals surface area contributed by atoms with Crippen molar-refractivity contribution in [2.24, 2.45) is 0 Å². The van der Waals surface area contributed by atoms with Gasteiger partial charge in [-0.2, -0.15) is 11.8 Å². The van der Waals surface area contributed by atoms with Gasteiger partial charge in [-0.1, -0.05) is 6.92 Å². The molecule has 0 radical (unpaired) electrons. The maximum atomic E-state index is 11.3. The molecule has 4 nitrogen and oxygen atoms in total. The fourth-order valence-corrected chi connectivity index (χ4v) is 1.35. The Hall–Kier alpha value is -1.23. The molecule has 1 heterocycles. The van der Waals surface area contributed by atoms with Gasteiger partial charge in [-0.15, -0.1) is 0 Å². The van der Waals surface area contributed by atoms with Crippen molar-refractivity contribution in [1.29, 1.82) is 0 Å². The minimum atomic E-state index is -0.344. The molecule has 0 aliphatic rings. The number of anilines is 1. The van der Waals surface area contributed by atoms with Crippen molar-refractivity contribution in [1.82, 2.24) is 4.98 Å². The highest BCUT2D eigenvalue weighted by Gasteiger charge is 2.06. The maximum Gasteiger partial charge on any atom is 0.338 e. The van der Waals surface area contributed by atoms with Crippen molar-refractivity contribution in [2.75, 3.05) is 25.2 Å². The van der Waals surface area contributed by atoms with Crippen molar-refractivity contribution < 1.29 is 9.53 Å². The number of rotatable bonds is 5. The number of hydrogen-bond acceptors (Lipinski definition) is 5. The van der Waals surface area contributed by atoms with E-state index in [1.807, 2.05) is 0 Å². The smallest absolute Gasteiger partial charge is 0.338 e. The molecule has 0 aliphatic heterocycles. The second-order valence-electron chi connectivity index (χ2n) is 3.35. The summed E-state index contributed by atoms with van der Waals surface area (Å²) in [6, 6.07) is 3.33. The average molecular weight is 240 g/mol. The zero-order valence-electron chi connectivity index (χ0n) is 9.69. The van der Waals surface area contributed by atoms with Crippen molar-refractivity contribution in [2.45, 2.75) is 12.2 Å². The zero-order chi connectivity index (χ0) is 12.0. The van der Waals surface area contributed by atoms with Gasteiger partial charge in [-0.25, -0.2) is 9.78 Å². The molecule has 1 atom stereocenters. The number of ether oxygens (including phenoxy) is 1. The number of pyridine rings is 1. The van der Waals surface area contributed by atoms with Gasteiger partial charge in [0.05, 0.1) is 12.7 Å². The van der Waals surface area contributed by atoms with Gasteiger partial charge in [-0.3, -0.25) is 0 Å². The topological polar surface area (TPSA) is 51.2 Å². The number of nitrogens with one attached hydrogen (secondary N) is 1. The van der Waals surface area contributed by atoms with Crippen molar-refractivity contribution >= 4 is 23.5 Å². The standard InChI is InChI=1S/C11H16N2O2S/c1-8(16-3)7-13-10-6-9(4-5-12-10)11(14)15-2/h4-6,8H,7H2,1-3H3,(H,12,13). The van der Waals surface area contributed by atoms with E-state index in [-0.39, 0.29) is 5.97 Å². The molecule has 0 aromatic carbocycles. The van der Waals surface area contributed by atoms with Gasteiger partial charge in [0.2, 0.25) is 0 Å². The largest absolute Gasteiger partial charge is 0.465 e. The summed E-state index contributed by atoms with van der Waals surface area (Å²) in [5.74, 6) is 0.354. The van der Waals surface area contributed by atoms with Gasteiger partial charge in [-0.05, 0) is 18.4 Å². The first-order chi connectivity index (χ1) is 7.67. The monoisotopic (exact) mass is 240 g/mol. The third kappa shape index (κ3) is 3.73. The molecule has 0 aliphatic carbocycles. The summed E-state index contributed by atoms with van der Waals surface area (Å²) >= 11 is 1.78. The highest BCUT2D eigenvalue weighted by Crippen LogP contribution is 2.10. The first-order valence-corrected chi connectivity index (χ1v) is 6.27. The number of thioether (sulfide) groups is 1. The molecule has 5 heteroatoms. The fraction of sp³-hybridized carbons (Fsp3) is 0.455. The van der Waals surface area contributed by atoms with Crippen LogP contribution in [-0.2, 0) is 4.74 Å². The SMILES string of the molecule is COC(=O)c1ccnc(NCC(C)SC)c1. The molecule has 1 unspecified atom stereocenters. The van der Waals surface area contributed by atoms with Gasteiger partial charge in [0.25, 0.3) is 0 Å². The van der Waals surface area contributed by atoms with Crippen LogP contribution in [0, 0.1) is 0 Å². The Labute approximate surface area is 99.8 Å². The first kappa shape index (κ1) is 12.8. The second kappa shape index (κ2) is 6.37. The van der Waals surface area contributed by atoms with Crippen LogP contribution in [0.2, 0.25) is 0 Å². The first-order valence-electron chi connectivity index (χ1n) is 4.98. The number of carbonyl (C=O) groups excluding carboxylic acids is 1. The molecule has 0 fully saturated rings. The lowest BCUT2D eigenvalue weighted by atomic mass is 10.2. The zero-order valence-corrected chi connectivity index (χ0v) is 10.5. The molecular formula is C11H16N2O2S. The minimum absolute atomic E-state index is 0.344. The van der Waals surface area contributed by atoms with Gasteiger partial charge >= 0.3 is 5.97 Å². The van der Waals surface area contributed by atoms with E-state index in [1.54, 1.807) is 30.1 Å². The number of nitrogens with zero attached hydrogens (tertiary/aromatic N) is 1. The lowest BCUT2D eigenvalue weighted by Crippen LogP contribution is -2.14. The van der Waals surface area contributed by atoms with E-state index in [0.29, 0.717) is 16.6 Å². The Bertz CT molecular complexity index is 358. The van der Waals surface area contributed by atoms with Crippen LogP contribution in [0.15, 0.2) is 18.3 Å². The van der Waals surface area contributed by atoms with E-state index >= 15 is 0 Å². The Morgan fingerprint density at radius 3 is 3.06 bits per heavy atom. The molecule has 0 amide bonds. The third-order valence-electron chi connectivity index (χ3n) is 2.15. The summed E-state index contributed by atoms with van der Waals surface area (Å²) in [6.45, 7) is 2.95. The van der Waals surface area contributed by atoms with Gasteiger partial charge in [0.15, 0.2) is 0 Å². The van der Waals surface area contributed by atoms with E-state index in [4.69, 9.17) is 0 Å². The summed E-state index contributed by atoms with van der Waals surface area (Å²) in [5.41, 5.74) is 0.511. The van der Waals surface area contributed by atoms with E-state index in [9.17, 15) is 4.79 Å². The Morgan fingerprint density at radius 1 is 1.69 bits per heavy atom. The molecule has 0 saturated carbocycles. The minimum Gasteiger partial charge on any atom is -0.465 e. The predicted molar refractivity (Wildman–Crippen MR) is 67.0 cm³/mol. The number of carbonyl (C=O) groups is 1. The van der Waals surface area contributed by atoms with E-state index in [2.05, 4.69) is 28.2 Å². The van der Waals surface area contributed by atoms with Crippen LogP contribution in [-0.4, -0.2) is 36.1 Å².